The summed E-state index contributed by atoms with van der Waals surface area (Å²) < 4.78 is 36.0. The summed E-state index contributed by atoms with van der Waals surface area (Å²) in [5.74, 6) is 0.544. The molecule has 0 bridgehead atoms. The van der Waals surface area contributed by atoms with E-state index in [-0.39, 0.29) is 28.8 Å². The van der Waals surface area contributed by atoms with E-state index in [1.807, 2.05) is 13.8 Å². The molecule has 136 valence electrons. The first kappa shape index (κ1) is 20.1. The Labute approximate surface area is 144 Å². The Kier molecular flexibility index (Phi) is 6.89. The average molecular weight is 358 g/mol. The molecular weight excluding hydrogens is 332 g/mol. The maximum absolute atomic E-state index is 12.5. The molecule has 1 aromatic rings. The minimum absolute atomic E-state index is 0.0785. The van der Waals surface area contributed by atoms with E-state index < -0.39 is 10.0 Å². The van der Waals surface area contributed by atoms with Gasteiger partial charge in [-0.1, -0.05) is 13.8 Å². The van der Waals surface area contributed by atoms with Crippen molar-refractivity contribution in [1.82, 2.24) is 5.32 Å². The second-order valence-corrected chi connectivity index (χ2v) is 7.99. The van der Waals surface area contributed by atoms with Crippen LogP contribution < -0.4 is 19.1 Å². The summed E-state index contributed by atoms with van der Waals surface area (Å²) in [5, 5.41) is 2.80. The maximum atomic E-state index is 12.5. The lowest BCUT2D eigenvalue weighted by atomic mass is 10.1. The van der Waals surface area contributed by atoms with Gasteiger partial charge in [-0.3, -0.25) is 9.10 Å². The number of rotatable bonds is 8. The third-order valence-corrected chi connectivity index (χ3v) is 5.30. The van der Waals surface area contributed by atoms with Gasteiger partial charge in [-0.25, -0.2) is 8.42 Å². The van der Waals surface area contributed by atoms with Crippen molar-refractivity contribution in [1.29, 1.82) is 0 Å². The van der Waals surface area contributed by atoms with Crippen LogP contribution in [-0.2, 0) is 10.0 Å². The van der Waals surface area contributed by atoms with Crippen LogP contribution in [-0.4, -0.2) is 47.9 Å². The molecule has 1 rings (SSSR count). The molecule has 1 aromatic carbocycles. The zero-order valence-electron chi connectivity index (χ0n) is 15.0. The van der Waals surface area contributed by atoms with Gasteiger partial charge >= 0.3 is 0 Å². The van der Waals surface area contributed by atoms with Crippen molar-refractivity contribution < 1.29 is 22.7 Å². The van der Waals surface area contributed by atoms with E-state index in [0.717, 1.165) is 4.31 Å². The zero-order chi connectivity index (χ0) is 18.5. The molecule has 0 aliphatic heterocycles. The number of nitrogens with zero attached hydrogens (tertiary/aromatic N) is 1. The lowest BCUT2D eigenvalue weighted by Gasteiger charge is -2.23. The van der Waals surface area contributed by atoms with Gasteiger partial charge in [0, 0.05) is 19.7 Å². The molecule has 1 N–H and O–H groups in total. The standard InChI is InChI=1S/C16H26N2O5S/c1-7-24(20,21)18(4)13-9-15(23-6)14(22-5)8-12(13)16(19)17-10-11(2)3/h8-9,11H,7,10H2,1-6H3,(H,17,19). The van der Waals surface area contributed by atoms with Gasteiger partial charge in [0.05, 0.1) is 31.2 Å². The SMILES string of the molecule is CCS(=O)(=O)N(C)c1cc(OC)c(OC)cc1C(=O)NCC(C)C. The summed E-state index contributed by atoms with van der Waals surface area (Å²) in [7, 11) is 0.801. The molecule has 0 atom stereocenters. The zero-order valence-corrected chi connectivity index (χ0v) is 15.9. The van der Waals surface area contributed by atoms with Gasteiger partial charge in [-0.05, 0) is 18.9 Å². The van der Waals surface area contributed by atoms with E-state index in [1.165, 1.54) is 33.4 Å². The normalized spacial score (nSPS) is 11.3. The first-order valence-electron chi connectivity index (χ1n) is 7.68. The summed E-state index contributed by atoms with van der Waals surface area (Å²) >= 11 is 0. The molecule has 0 saturated heterocycles. The number of hydrogen-bond donors (Lipinski definition) is 1. The van der Waals surface area contributed by atoms with Gasteiger partial charge in [0.25, 0.3) is 5.91 Å². The summed E-state index contributed by atoms with van der Waals surface area (Å²) in [6.07, 6.45) is 0. The molecule has 24 heavy (non-hydrogen) atoms. The topological polar surface area (TPSA) is 84.9 Å². The van der Waals surface area contributed by atoms with Gasteiger partial charge in [0.15, 0.2) is 11.5 Å². The smallest absolute Gasteiger partial charge is 0.253 e. The summed E-state index contributed by atoms with van der Waals surface area (Å²) in [5.41, 5.74) is 0.462. The number of benzene rings is 1. The van der Waals surface area contributed by atoms with Crippen LogP contribution in [0.4, 0.5) is 5.69 Å². The molecule has 8 heteroatoms. The first-order valence-corrected chi connectivity index (χ1v) is 9.29. The number of carbonyl (C=O) groups is 1. The lowest BCUT2D eigenvalue weighted by Crippen LogP contribution is -2.33. The third kappa shape index (κ3) is 4.53. The molecule has 0 aliphatic carbocycles. The fourth-order valence-electron chi connectivity index (χ4n) is 2.05. The quantitative estimate of drug-likeness (QED) is 0.767. The first-order chi connectivity index (χ1) is 11.2. The molecular formula is C16H26N2O5S. The predicted octanol–water partition coefficient (Wildman–Crippen LogP) is 1.88. The van der Waals surface area contributed by atoms with Crippen molar-refractivity contribution in [2.75, 3.05) is 37.9 Å². The van der Waals surface area contributed by atoms with E-state index in [0.29, 0.717) is 18.0 Å². The Morgan fingerprint density at radius 1 is 1.21 bits per heavy atom. The van der Waals surface area contributed by atoms with Crippen molar-refractivity contribution >= 4 is 21.6 Å². The van der Waals surface area contributed by atoms with Crippen molar-refractivity contribution in [3.8, 4) is 11.5 Å². The van der Waals surface area contributed by atoms with E-state index in [9.17, 15) is 13.2 Å². The van der Waals surface area contributed by atoms with Crippen LogP contribution in [0.15, 0.2) is 12.1 Å². The van der Waals surface area contributed by atoms with Gasteiger partial charge in [-0.2, -0.15) is 0 Å². The maximum Gasteiger partial charge on any atom is 0.253 e. The Morgan fingerprint density at radius 3 is 2.21 bits per heavy atom. The number of anilines is 1. The second-order valence-electron chi connectivity index (χ2n) is 5.70. The average Bonchev–Trinajstić information content (AvgIpc) is 2.57. The van der Waals surface area contributed by atoms with E-state index in [4.69, 9.17) is 9.47 Å². The highest BCUT2D eigenvalue weighted by molar-refractivity contribution is 7.92. The largest absolute Gasteiger partial charge is 0.493 e. The molecule has 0 aromatic heterocycles. The van der Waals surface area contributed by atoms with Crippen LogP contribution in [0.25, 0.3) is 0 Å². The number of carbonyl (C=O) groups excluding carboxylic acids is 1. The number of sulfonamides is 1. The van der Waals surface area contributed by atoms with Gasteiger partial charge in [-0.15, -0.1) is 0 Å². The molecule has 0 radical (unpaired) electrons. The van der Waals surface area contributed by atoms with Crippen molar-refractivity contribution in [2.24, 2.45) is 5.92 Å². The fourth-order valence-corrected chi connectivity index (χ4v) is 2.88. The lowest BCUT2D eigenvalue weighted by molar-refractivity contribution is 0.0949. The van der Waals surface area contributed by atoms with Crippen molar-refractivity contribution in [3.05, 3.63) is 17.7 Å². The van der Waals surface area contributed by atoms with Gasteiger partial charge in [0.2, 0.25) is 10.0 Å². The van der Waals surface area contributed by atoms with Crippen LogP contribution in [0.3, 0.4) is 0 Å². The molecule has 0 unspecified atom stereocenters. The minimum atomic E-state index is -3.53. The Morgan fingerprint density at radius 2 is 1.75 bits per heavy atom. The summed E-state index contributed by atoms with van der Waals surface area (Å²) in [4.78, 5) is 12.5. The molecule has 0 spiro atoms. The van der Waals surface area contributed by atoms with Crippen LogP contribution >= 0.6 is 0 Å². The third-order valence-electron chi connectivity index (χ3n) is 3.54. The van der Waals surface area contributed by atoms with E-state index in [1.54, 1.807) is 6.92 Å². The predicted molar refractivity (Wildman–Crippen MR) is 94.6 cm³/mol. The molecule has 1 amide bonds. The highest BCUT2D eigenvalue weighted by Crippen LogP contribution is 2.35. The monoisotopic (exact) mass is 358 g/mol. The van der Waals surface area contributed by atoms with Crippen molar-refractivity contribution in [3.63, 3.8) is 0 Å². The Balaban J connectivity index is 3.45. The summed E-state index contributed by atoms with van der Waals surface area (Å²) in [6, 6.07) is 2.99. The molecule has 0 aliphatic rings. The highest BCUT2D eigenvalue weighted by Gasteiger charge is 2.25. The Bertz CT molecular complexity index is 686. The Hall–Kier alpha value is -1.96. The highest BCUT2D eigenvalue weighted by atomic mass is 32.2. The molecule has 0 saturated carbocycles. The number of nitrogens with one attached hydrogen (secondary N) is 1. The number of methoxy groups -OCH3 is 2. The van der Waals surface area contributed by atoms with E-state index >= 15 is 0 Å². The van der Waals surface area contributed by atoms with Crippen LogP contribution in [0.1, 0.15) is 31.1 Å². The van der Waals surface area contributed by atoms with Crippen molar-refractivity contribution in [2.45, 2.75) is 20.8 Å². The van der Waals surface area contributed by atoms with Crippen LogP contribution in [0.2, 0.25) is 0 Å². The van der Waals surface area contributed by atoms with Gasteiger partial charge in [0.1, 0.15) is 0 Å². The molecule has 0 fully saturated rings. The molecule has 7 nitrogen and oxygen atoms in total. The summed E-state index contributed by atoms with van der Waals surface area (Å²) in [6.45, 7) is 5.98. The van der Waals surface area contributed by atoms with Crippen LogP contribution in [0, 0.1) is 5.92 Å². The minimum Gasteiger partial charge on any atom is -0.493 e. The van der Waals surface area contributed by atoms with Crippen LogP contribution in [0.5, 0.6) is 11.5 Å². The fraction of sp³-hybridized carbons (Fsp3) is 0.562. The van der Waals surface area contributed by atoms with E-state index in [2.05, 4.69) is 5.32 Å². The van der Waals surface area contributed by atoms with Gasteiger partial charge < -0.3 is 14.8 Å². The second kappa shape index (κ2) is 8.23. The number of hydrogen-bond acceptors (Lipinski definition) is 5. The number of amides is 1. The number of ether oxygens (including phenoxy) is 2. The molecule has 0 heterocycles.